The van der Waals surface area contributed by atoms with E-state index < -0.39 is 5.97 Å². The van der Waals surface area contributed by atoms with Crippen molar-refractivity contribution >= 4 is 5.97 Å². The molecule has 0 aromatic heterocycles. The smallest absolute Gasteiger partial charge is 0.330 e. The lowest BCUT2D eigenvalue weighted by molar-refractivity contribution is -0.144. The number of unbranched alkanes of at least 4 members (excludes halogenated alkanes) is 1. The van der Waals surface area contributed by atoms with E-state index in [1.807, 2.05) is 6.92 Å². The minimum atomic E-state index is -0.955. The van der Waals surface area contributed by atoms with Gasteiger partial charge in [-0.3, -0.25) is 0 Å². The highest BCUT2D eigenvalue weighted by atomic mass is 16.7. The molecule has 0 rings (SSSR count). The first-order valence-electron chi connectivity index (χ1n) is 5.76. The van der Waals surface area contributed by atoms with E-state index in [-0.39, 0.29) is 11.9 Å². The van der Waals surface area contributed by atoms with Crippen LogP contribution >= 0.6 is 0 Å². The van der Waals surface area contributed by atoms with Gasteiger partial charge in [0.25, 0.3) is 0 Å². The summed E-state index contributed by atoms with van der Waals surface area (Å²) in [7, 11) is 0. The van der Waals surface area contributed by atoms with Crippen LogP contribution in [0.1, 0.15) is 39.5 Å². The van der Waals surface area contributed by atoms with Gasteiger partial charge in [0.2, 0.25) is 0 Å². The summed E-state index contributed by atoms with van der Waals surface area (Å²) in [5.41, 5.74) is 0.198. The number of carboxylic acid groups (broad SMARTS) is 1. The minimum Gasteiger partial charge on any atom is -0.478 e. The van der Waals surface area contributed by atoms with Crippen LogP contribution in [-0.4, -0.2) is 30.6 Å². The summed E-state index contributed by atoms with van der Waals surface area (Å²) >= 11 is 0. The van der Waals surface area contributed by atoms with Crippen LogP contribution in [0.25, 0.3) is 0 Å². The first-order valence-corrected chi connectivity index (χ1v) is 5.76. The molecule has 0 saturated heterocycles. The third-order valence-electron chi connectivity index (χ3n) is 2.14. The summed E-state index contributed by atoms with van der Waals surface area (Å²) in [4.78, 5) is 10.5. The van der Waals surface area contributed by atoms with E-state index in [0.717, 1.165) is 12.8 Å². The van der Waals surface area contributed by atoms with Crippen molar-refractivity contribution in [1.82, 2.24) is 0 Å². The highest BCUT2D eigenvalue weighted by molar-refractivity contribution is 5.85. The molecule has 0 aliphatic carbocycles. The molecule has 0 aromatic carbocycles. The van der Waals surface area contributed by atoms with Gasteiger partial charge < -0.3 is 14.6 Å². The lowest BCUT2D eigenvalue weighted by atomic mass is 10.1. The maximum atomic E-state index is 10.5. The van der Waals surface area contributed by atoms with Crippen LogP contribution in [0.3, 0.4) is 0 Å². The van der Waals surface area contributed by atoms with Crippen LogP contribution in [0.4, 0.5) is 0 Å². The molecule has 0 spiro atoms. The van der Waals surface area contributed by atoms with Crippen LogP contribution in [0.5, 0.6) is 0 Å². The van der Waals surface area contributed by atoms with Crippen molar-refractivity contribution in [3.63, 3.8) is 0 Å². The average molecular weight is 230 g/mol. The van der Waals surface area contributed by atoms with E-state index in [9.17, 15) is 4.79 Å². The number of aliphatic carboxylic acids is 1. The normalized spacial score (nSPS) is 12.4. The molecule has 94 valence electrons. The van der Waals surface area contributed by atoms with Crippen molar-refractivity contribution in [2.24, 2.45) is 0 Å². The van der Waals surface area contributed by atoms with E-state index in [2.05, 4.69) is 13.5 Å². The van der Waals surface area contributed by atoms with E-state index in [1.54, 1.807) is 0 Å². The second-order valence-electron chi connectivity index (χ2n) is 3.56. The van der Waals surface area contributed by atoms with Crippen LogP contribution < -0.4 is 0 Å². The second kappa shape index (κ2) is 9.36. The van der Waals surface area contributed by atoms with E-state index in [4.69, 9.17) is 14.6 Å². The summed E-state index contributed by atoms with van der Waals surface area (Å²) in [5.74, 6) is -0.955. The Hall–Kier alpha value is -0.870. The molecule has 0 amide bonds. The molecular formula is C12H22O4. The molecule has 0 saturated carbocycles. The molecule has 0 fully saturated rings. The standard InChI is InChI=1S/C12H22O4/c1-4-6-9-16-11(15-5-2)8-7-10(3)12(13)14/h11H,3-9H2,1-2H3,(H,13,14). The third kappa shape index (κ3) is 7.43. The molecule has 4 nitrogen and oxygen atoms in total. The Morgan fingerprint density at radius 1 is 1.38 bits per heavy atom. The maximum Gasteiger partial charge on any atom is 0.330 e. The Labute approximate surface area is 97.2 Å². The van der Waals surface area contributed by atoms with Gasteiger partial charge in [0.05, 0.1) is 0 Å². The van der Waals surface area contributed by atoms with E-state index in [1.165, 1.54) is 0 Å². The van der Waals surface area contributed by atoms with Gasteiger partial charge in [-0.05, 0) is 19.8 Å². The molecule has 0 radical (unpaired) electrons. The van der Waals surface area contributed by atoms with E-state index in [0.29, 0.717) is 26.1 Å². The van der Waals surface area contributed by atoms with Crippen LogP contribution in [0.15, 0.2) is 12.2 Å². The Morgan fingerprint density at radius 2 is 2.06 bits per heavy atom. The zero-order valence-electron chi connectivity index (χ0n) is 10.2. The first kappa shape index (κ1) is 15.1. The summed E-state index contributed by atoms with van der Waals surface area (Å²) in [6.45, 7) is 8.67. The fourth-order valence-corrected chi connectivity index (χ4v) is 1.16. The van der Waals surface area contributed by atoms with Gasteiger partial charge in [0, 0.05) is 25.2 Å². The van der Waals surface area contributed by atoms with Crippen LogP contribution in [-0.2, 0) is 14.3 Å². The fraction of sp³-hybridized carbons (Fsp3) is 0.750. The molecule has 0 heterocycles. The quantitative estimate of drug-likeness (QED) is 0.356. The van der Waals surface area contributed by atoms with Crippen molar-refractivity contribution < 1.29 is 19.4 Å². The van der Waals surface area contributed by atoms with E-state index >= 15 is 0 Å². The summed E-state index contributed by atoms with van der Waals surface area (Å²) in [5, 5.41) is 8.66. The third-order valence-corrected chi connectivity index (χ3v) is 2.14. The van der Waals surface area contributed by atoms with Crippen LogP contribution in [0, 0.1) is 0 Å². The van der Waals surface area contributed by atoms with Gasteiger partial charge in [-0.25, -0.2) is 4.79 Å². The molecule has 1 unspecified atom stereocenters. The van der Waals surface area contributed by atoms with Gasteiger partial charge in [-0.1, -0.05) is 19.9 Å². The Kier molecular flexibility index (Phi) is 8.85. The van der Waals surface area contributed by atoms with Crippen molar-refractivity contribution in [3.8, 4) is 0 Å². The molecular weight excluding hydrogens is 208 g/mol. The number of hydrogen-bond acceptors (Lipinski definition) is 3. The summed E-state index contributed by atoms with van der Waals surface area (Å²) < 4.78 is 10.9. The van der Waals surface area contributed by atoms with Gasteiger partial charge in [0.1, 0.15) is 0 Å². The van der Waals surface area contributed by atoms with Gasteiger partial charge in [-0.15, -0.1) is 0 Å². The highest BCUT2D eigenvalue weighted by Crippen LogP contribution is 2.10. The number of carbonyl (C=O) groups is 1. The number of carboxylic acids is 1. The second-order valence-corrected chi connectivity index (χ2v) is 3.56. The van der Waals surface area contributed by atoms with Crippen molar-refractivity contribution in [2.75, 3.05) is 13.2 Å². The fourth-order valence-electron chi connectivity index (χ4n) is 1.16. The Morgan fingerprint density at radius 3 is 2.56 bits per heavy atom. The molecule has 1 N–H and O–H groups in total. The number of rotatable bonds is 10. The maximum absolute atomic E-state index is 10.5. The zero-order chi connectivity index (χ0) is 12.4. The lowest BCUT2D eigenvalue weighted by Crippen LogP contribution is -2.18. The first-order chi connectivity index (χ1) is 7.61. The van der Waals surface area contributed by atoms with Crippen molar-refractivity contribution in [1.29, 1.82) is 0 Å². The topological polar surface area (TPSA) is 55.8 Å². The summed E-state index contributed by atoms with van der Waals surface area (Å²) in [6, 6.07) is 0. The highest BCUT2D eigenvalue weighted by Gasteiger charge is 2.11. The largest absolute Gasteiger partial charge is 0.478 e. The molecule has 0 aromatic rings. The molecule has 1 atom stereocenters. The molecule has 0 bridgehead atoms. The Bertz CT molecular complexity index is 213. The molecule has 0 aliphatic rings. The number of ether oxygens (including phenoxy) is 2. The average Bonchev–Trinajstić information content (AvgIpc) is 2.25. The number of hydrogen-bond donors (Lipinski definition) is 1. The Balaban J connectivity index is 3.83. The zero-order valence-corrected chi connectivity index (χ0v) is 10.2. The monoisotopic (exact) mass is 230 g/mol. The predicted octanol–water partition coefficient (Wildman–Crippen LogP) is 2.59. The minimum absolute atomic E-state index is 0.198. The lowest BCUT2D eigenvalue weighted by Gasteiger charge is -2.17. The van der Waals surface area contributed by atoms with Gasteiger partial charge in [-0.2, -0.15) is 0 Å². The van der Waals surface area contributed by atoms with Gasteiger partial charge in [0.15, 0.2) is 6.29 Å². The van der Waals surface area contributed by atoms with Crippen LogP contribution in [0.2, 0.25) is 0 Å². The van der Waals surface area contributed by atoms with Crippen molar-refractivity contribution in [3.05, 3.63) is 12.2 Å². The molecule has 16 heavy (non-hydrogen) atoms. The van der Waals surface area contributed by atoms with Gasteiger partial charge >= 0.3 is 5.97 Å². The molecule has 0 aliphatic heterocycles. The van der Waals surface area contributed by atoms with Crippen molar-refractivity contribution in [2.45, 2.75) is 45.8 Å². The summed E-state index contributed by atoms with van der Waals surface area (Å²) in [6.07, 6.45) is 2.69. The predicted molar refractivity (Wildman–Crippen MR) is 62.3 cm³/mol. The SMILES string of the molecule is C=C(CCC(OCC)OCCCC)C(=O)O. The molecule has 4 heteroatoms.